The monoisotopic (exact) mass is 292 g/mol. The normalized spacial score (nSPS) is 10.9. The van der Waals surface area contributed by atoms with Gasteiger partial charge in [-0.25, -0.2) is 0 Å². The van der Waals surface area contributed by atoms with Gasteiger partial charge in [-0.3, -0.25) is 0 Å². The Balaban J connectivity index is 2.29. The van der Waals surface area contributed by atoms with E-state index < -0.39 is 0 Å². The Morgan fingerprint density at radius 3 is 2.48 bits per heavy atom. The van der Waals surface area contributed by atoms with Crippen LogP contribution in [-0.4, -0.2) is 49.9 Å². The molecule has 1 aromatic heterocycles. The molecular formula is C14H20N4O3. The molecule has 7 nitrogen and oxygen atoms in total. The molecule has 1 heterocycles. The second-order valence-corrected chi connectivity index (χ2v) is 4.86. The van der Waals surface area contributed by atoms with Gasteiger partial charge in [-0.1, -0.05) is 5.16 Å². The fraction of sp³-hybridized carbons (Fsp3) is 0.429. The number of nitrogen functional groups attached to an aromatic ring is 1. The van der Waals surface area contributed by atoms with Gasteiger partial charge in [0.05, 0.1) is 19.8 Å². The molecular weight excluding hydrogens is 272 g/mol. The summed E-state index contributed by atoms with van der Waals surface area (Å²) in [5, 5.41) is 3.96. The van der Waals surface area contributed by atoms with E-state index in [1.54, 1.807) is 26.4 Å². The minimum Gasteiger partial charge on any atom is -0.493 e. The summed E-state index contributed by atoms with van der Waals surface area (Å²) in [6.45, 7) is 0.848. The van der Waals surface area contributed by atoms with Crippen LogP contribution in [0.25, 0.3) is 11.5 Å². The van der Waals surface area contributed by atoms with Crippen molar-refractivity contribution in [1.29, 1.82) is 0 Å². The van der Waals surface area contributed by atoms with Crippen LogP contribution in [0.5, 0.6) is 11.5 Å². The lowest BCUT2D eigenvalue weighted by molar-refractivity contribution is 0.355. The summed E-state index contributed by atoms with van der Waals surface area (Å²) >= 11 is 0. The molecule has 2 aromatic rings. The van der Waals surface area contributed by atoms with Crippen molar-refractivity contribution >= 4 is 5.69 Å². The number of hydrogen-bond acceptors (Lipinski definition) is 7. The highest BCUT2D eigenvalue weighted by atomic mass is 16.5. The number of rotatable bonds is 6. The third-order valence-corrected chi connectivity index (χ3v) is 3.04. The largest absolute Gasteiger partial charge is 0.493 e. The zero-order valence-electron chi connectivity index (χ0n) is 12.7. The molecule has 0 unspecified atom stereocenters. The third kappa shape index (κ3) is 3.43. The van der Waals surface area contributed by atoms with E-state index in [1.165, 1.54) is 0 Å². The Bertz CT molecular complexity index is 610. The van der Waals surface area contributed by atoms with Crippen molar-refractivity contribution < 1.29 is 14.0 Å². The molecule has 0 aliphatic heterocycles. The number of anilines is 1. The van der Waals surface area contributed by atoms with Crippen molar-refractivity contribution in [2.75, 3.05) is 40.6 Å². The van der Waals surface area contributed by atoms with Gasteiger partial charge in [0.1, 0.15) is 0 Å². The van der Waals surface area contributed by atoms with Crippen LogP contribution >= 0.6 is 0 Å². The Kier molecular flexibility index (Phi) is 4.64. The summed E-state index contributed by atoms with van der Waals surface area (Å²) in [7, 11) is 7.11. The van der Waals surface area contributed by atoms with Crippen molar-refractivity contribution in [3.8, 4) is 23.0 Å². The Morgan fingerprint density at radius 2 is 1.86 bits per heavy atom. The molecule has 0 aliphatic rings. The molecule has 21 heavy (non-hydrogen) atoms. The Hall–Kier alpha value is -2.28. The maximum absolute atomic E-state index is 6.01. The van der Waals surface area contributed by atoms with Crippen molar-refractivity contribution in [2.24, 2.45) is 0 Å². The van der Waals surface area contributed by atoms with Gasteiger partial charge in [0.25, 0.3) is 5.89 Å². The first-order chi connectivity index (χ1) is 10.0. The van der Waals surface area contributed by atoms with Crippen molar-refractivity contribution in [3.63, 3.8) is 0 Å². The second kappa shape index (κ2) is 6.45. The zero-order valence-corrected chi connectivity index (χ0v) is 12.7. The van der Waals surface area contributed by atoms with Crippen LogP contribution in [0.3, 0.4) is 0 Å². The quantitative estimate of drug-likeness (QED) is 0.806. The summed E-state index contributed by atoms with van der Waals surface area (Å²) < 4.78 is 15.7. The van der Waals surface area contributed by atoms with E-state index in [0.717, 1.165) is 6.54 Å². The van der Waals surface area contributed by atoms with Gasteiger partial charge in [-0.05, 0) is 20.2 Å². The Labute approximate surface area is 123 Å². The lowest BCUT2D eigenvalue weighted by atomic mass is 10.1. The van der Waals surface area contributed by atoms with Crippen LogP contribution in [0.4, 0.5) is 5.69 Å². The zero-order chi connectivity index (χ0) is 15.4. The molecule has 0 aliphatic carbocycles. The topological polar surface area (TPSA) is 86.6 Å². The minimum atomic E-state index is 0.377. The van der Waals surface area contributed by atoms with Crippen LogP contribution in [0.1, 0.15) is 5.82 Å². The summed E-state index contributed by atoms with van der Waals surface area (Å²) in [6, 6.07) is 3.41. The maximum atomic E-state index is 6.01. The molecule has 0 saturated heterocycles. The number of methoxy groups -OCH3 is 2. The van der Waals surface area contributed by atoms with E-state index in [-0.39, 0.29) is 0 Å². The van der Waals surface area contributed by atoms with E-state index in [2.05, 4.69) is 15.0 Å². The maximum Gasteiger partial charge on any atom is 0.260 e. The van der Waals surface area contributed by atoms with Crippen LogP contribution in [0.2, 0.25) is 0 Å². The lowest BCUT2D eigenvalue weighted by Crippen LogP contribution is -2.15. The van der Waals surface area contributed by atoms with E-state index in [0.29, 0.717) is 40.9 Å². The molecule has 0 saturated carbocycles. The predicted octanol–water partition coefficient (Wildman–Crippen LogP) is 1.44. The molecule has 7 heteroatoms. The van der Waals surface area contributed by atoms with E-state index in [9.17, 15) is 0 Å². The second-order valence-electron chi connectivity index (χ2n) is 4.86. The minimum absolute atomic E-state index is 0.377. The fourth-order valence-corrected chi connectivity index (χ4v) is 1.87. The molecule has 0 bridgehead atoms. The number of aromatic nitrogens is 2. The highest BCUT2D eigenvalue weighted by Gasteiger charge is 2.16. The molecule has 0 atom stereocenters. The van der Waals surface area contributed by atoms with Crippen molar-refractivity contribution in [3.05, 3.63) is 18.0 Å². The van der Waals surface area contributed by atoms with E-state index in [1.807, 2.05) is 14.1 Å². The Morgan fingerprint density at radius 1 is 1.19 bits per heavy atom. The first kappa shape index (κ1) is 15.1. The van der Waals surface area contributed by atoms with Crippen LogP contribution < -0.4 is 15.2 Å². The number of likely N-dealkylation sites (N-methyl/N-ethyl adjacent to an activating group) is 1. The average molecular weight is 292 g/mol. The van der Waals surface area contributed by atoms with Crippen LogP contribution in [0, 0.1) is 0 Å². The summed E-state index contributed by atoms with van der Waals surface area (Å²) in [5.74, 6) is 2.15. The predicted molar refractivity (Wildman–Crippen MR) is 79.5 cm³/mol. The standard InChI is InChI=1S/C14H20N4O3/c1-18(2)6-5-13-16-14(21-17-13)9-7-11(19-3)12(20-4)8-10(9)15/h7-8H,5-6,15H2,1-4H3. The molecule has 2 N–H and O–H groups in total. The molecule has 0 amide bonds. The smallest absolute Gasteiger partial charge is 0.260 e. The van der Waals surface area contributed by atoms with Crippen LogP contribution in [0.15, 0.2) is 16.7 Å². The van der Waals surface area contributed by atoms with Gasteiger partial charge in [0, 0.05) is 24.7 Å². The molecule has 1 aromatic carbocycles. The lowest BCUT2D eigenvalue weighted by Gasteiger charge is -2.10. The number of nitrogens with two attached hydrogens (primary N) is 1. The van der Waals surface area contributed by atoms with Gasteiger partial charge < -0.3 is 24.6 Å². The van der Waals surface area contributed by atoms with Crippen molar-refractivity contribution in [1.82, 2.24) is 15.0 Å². The van der Waals surface area contributed by atoms with Gasteiger partial charge in [0.15, 0.2) is 17.3 Å². The fourth-order valence-electron chi connectivity index (χ4n) is 1.87. The average Bonchev–Trinajstić information content (AvgIpc) is 2.93. The molecule has 0 fully saturated rings. The SMILES string of the molecule is COc1cc(N)c(-c2nc(CCN(C)C)no2)cc1OC. The number of ether oxygens (including phenoxy) is 2. The summed E-state index contributed by atoms with van der Waals surface area (Å²) in [6.07, 6.45) is 0.712. The van der Waals surface area contributed by atoms with E-state index >= 15 is 0 Å². The highest BCUT2D eigenvalue weighted by molar-refractivity contribution is 5.75. The highest BCUT2D eigenvalue weighted by Crippen LogP contribution is 2.36. The molecule has 2 rings (SSSR count). The molecule has 0 spiro atoms. The number of nitrogens with zero attached hydrogens (tertiary/aromatic N) is 3. The van der Waals surface area contributed by atoms with E-state index in [4.69, 9.17) is 19.7 Å². The number of hydrogen-bond donors (Lipinski definition) is 1. The third-order valence-electron chi connectivity index (χ3n) is 3.04. The first-order valence-corrected chi connectivity index (χ1v) is 6.54. The molecule has 114 valence electrons. The first-order valence-electron chi connectivity index (χ1n) is 6.54. The summed E-state index contributed by atoms with van der Waals surface area (Å²) in [5.41, 5.74) is 7.14. The molecule has 0 radical (unpaired) electrons. The van der Waals surface area contributed by atoms with Gasteiger partial charge in [-0.15, -0.1) is 0 Å². The van der Waals surface area contributed by atoms with Crippen LogP contribution in [-0.2, 0) is 6.42 Å². The van der Waals surface area contributed by atoms with Gasteiger partial charge in [-0.2, -0.15) is 4.98 Å². The van der Waals surface area contributed by atoms with Gasteiger partial charge >= 0.3 is 0 Å². The van der Waals surface area contributed by atoms with Gasteiger partial charge in [0.2, 0.25) is 0 Å². The van der Waals surface area contributed by atoms with Crippen molar-refractivity contribution in [2.45, 2.75) is 6.42 Å². The summed E-state index contributed by atoms with van der Waals surface area (Å²) in [4.78, 5) is 6.42. The number of benzene rings is 1.